The standard InChI is InChI=1S/C11H15NS/c1-13-8-9-4-5-11-10(7-9)3-2-6-12-11/h4-5,7,12H,2-3,6,8H2,1H3. The van der Waals surface area contributed by atoms with Crippen molar-refractivity contribution >= 4 is 17.4 Å². The van der Waals surface area contributed by atoms with E-state index in [1.807, 2.05) is 11.8 Å². The van der Waals surface area contributed by atoms with Gasteiger partial charge in [0.15, 0.2) is 0 Å². The van der Waals surface area contributed by atoms with E-state index < -0.39 is 0 Å². The lowest BCUT2D eigenvalue weighted by Gasteiger charge is -2.18. The van der Waals surface area contributed by atoms with Crippen molar-refractivity contribution in [1.29, 1.82) is 0 Å². The van der Waals surface area contributed by atoms with E-state index >= 15 is 0 Å². The van der Waals surface area contributed by atoms with Gasteiger partial charge in [-0.1, -0.05) is 12.1 Å². The van der Waals surface area contributed by atoms with Crippen LogP contribution in [-0.2, 0) is 12.2 Å². The molecule has 1 N–H and O–H groups in total. The molecule has 1 heterocycles. The maximum absolute atomic E-state index is 3.43. The fraction of sp³-hybridized carbons (Fsp3) is 0.455. The van der Waals surface area contributed by atoms with Gasteiger partial charge in [0.05, 0.1) is 0 Å². The molecule has 0 fully saturated rings. The molecule has 1 aliphatic heterocycles. The van der Waals surface area contributed by atoms with Crippen LogP contribution < -0.4 is 5.32 Å². The molecule has 1 nitrogen and oxygen atoms in total. The first-order valence-corrected chi connectivity index (χ1v) is 6.14. The van der Waals surface area contributed by atoms with Crippen molar-refractivity contribution in [2.45, 2.75) is 18.6 Å². The average molecular weight is 193 g/mol. The summed E-state index contributed by atoms with van der Waals surface area (Å²) in [4.78, 5) is 0. The third-order valence-electron chi connectivity index (χ3n) is 2.42. The Kier molecular flexibility index (Phi) is 2.79. The van der Waals surface area contributed by atoms with E-state index in [0.717, 1.165) is 12.3 Å². The highest BCUT2D eigenvalue weighted by Gasteiger charge is 2.07. The van der Waals surface area contributed by atoms with Crippen LogP contribution in [0.1, 0.15) is 17.5 Å². The van der Waals surface area contributed by atoms with Gasteiger partial charge in [-0.25, -0.2) is 0 Å². The van der Waals surface area contributed by atoms with Crippen LogP contribution >= 0.6 is 11.8 Å². The molecule has 0 unspecified atom stereocenters. The van der Waals surface area contributed by atoms with Gasteiger partial charge >= 0.3 is 0 Å². The Bertz CT molecular complexity index is 296. The summed E-state index contributed by atoms with van der Waals surface area (Å²) in [5.41, 5.74) is 4.30. The molecule has 0 aliphatic carbocycles. The molecule has 0 radical (unpaired) electrons. The molecule has 0 atom stereocenters. The maximum atomic E-state index is 3.43. The molecule has 1 aliphatic rings. The monoisotopic (exact) mass is 193 g/mol. The van der Waals surface area contributed by atoms with Crippen LogP contribution in [0.4, 0.5) is 5.69 Å². The van der Waals surface area contributed by atoms with Crippen molar-refractivity contribution in [2.24, 2.45) is 0 Å². The molecule has 0 saturated heterocycles. The van der Waals surface area contributed by atoms with Crippen LogP contribution in [0.2, 0.25) is 0 Å². The van der Waals surface area contributed by atoms with Gasteiger partial charge in [0.1, 0.15) is 0 Å². The second-order valence-electron chi connectivity index (χ2n) is 3.45. The summed E-state index contributed by atoms with van der Waals surface area (Å²) < 4.78 is 0. The number of nitrogens with one attached hydrogen (secondary N) is 1. The number of hydrogen-bond donors (Lipinski definition) is 1. The molecular weight excluding hydrogens is 178 g/mol. The summed E-state index contributed by atoms with van der Waals surface area (Å²) in [6.45, 7) is 1.13. The third kappa shape index (κ3) is 1.99. The van der Waals surface area contributed by atoms with E-state index in [1.54, 1.807) is 0 Å². The highest BCUT2D eigenvalue weighted by Crippen LogP contribution is 2.24. The zero-order valence-corrected chi connectivity index (χ0v) is 8.79. The number of anilines is 1. The Morgan fingerprint density at radius 1 is 1.46 bits per heavy atom. The van der Waals surface area contributed by atoms with Gasteiger partial charge in [-0.15, -0.1) is 0 Å². The predicted octanol–water partition coefficient (Wildman–Crippen LogP) is 2.91. The summed E-state index contributed by atoms with van der Waals surface area (Å²) in [6, 6.07) is 6.80. The van der Waals surface area contributed by atoms with Crippen LogP contribution in [0, 0.1) is 0 Å². The minimum atomic E-state index is 1.13. The lowest BCUT2D eigenvalue weighted by Crippen LogP contribution is -2.11. The van der Waals surface area contributed by atoms with E-state index in [2.05, 4.69) is 29.8 Å². The second-order valence-corrected chi connectivity index (χ2v) is 4.32. The largest absolute Gasteiger partial charge is 0.385 e. The van der Waals surface area contributed by atoms with Crippen LogP contribution in [0.15, 0.2) is 18.2 Å². The molecule has 1 aromatic rings. The predicted molar refractivity (Wildman–Crippen MR) is 60.5 cm³/mol. The fourth-order valence-electron chi connectivity index (χ4n) is 1.78. The van der Waals surface area contributed by atoms with Crippen LogP contribution in [-0.4, -0.2) is 12.8 Å². The van der Waals surface area contributed by atoms with Gasteiger partial charge in [-0.2, -0.15) is 11.8 Å². The highest BCUT2D eigenvalue weighted by atomic mass is 32.2. The average Bonchev–Trinajstić information content (AvgIpc) is 2.18. The first-order chi connectivity index (χ1) is 6.40. The number of benzene rings is 1. The fourth-order valence-corrected chi connectivity index (χ4v) is 2.30. The van der Waals surface area contributed by atoms with Gasteiger partial charge in [-0.3, -0.25) is 0 Å². The van der Waals surface area contributed by atoms with Crippen molar-refractivity contribution in [3.8, 4) is 0 Å². The number of aryl methyl sites for hydroxylation is 1. The Labute approximate surface area is 83.9 Å². The van der Waals surface area contributed by atoms with E-state index in [4.69, 9.17) is 0 Å². The molecule has 0 aromatic heterocycles. The lowest BCUT2D eigenvalue weighted by atomic mass is 10.0. The smallest absolute Gasteiger partial charge is 0.0372 e. The summed E-state index contributed by atoms with van der Waals surface area (Å²) >= 11 is 1.88. The molecule has 2 rings (SSSR count). The van der Waals surface area contributed by atoms with E-state index in [9.17, 15) is 0 Å². The van der Waals surface area contributed by atoms with Crippen LogP contribution in [0.3, 0.4) is 0 Å². The van der Waals surface area contributed by atoms with Crippen molar-refractivity contribution in [3.63, 3.8) is 0 Å². The van der Waals surface area contributed by atoms with Crippen molar-refractivity contribution < 1.29 is 0 Å². The van der Waals surface area contributed by atoms with Crippen LogP contribution in [0.25, 0.3) is 0 Å². The molecule has 70 valence electrons. The SMILES string of the molecule is CSCc1ccc2c(c1)CCCN2. The van der Waals surface area contributed by atoms with Gasteiger partial charge in [0.25, 0.3) is 0 Å². The highest BCUT2D eigenvalue weighted by molar-refractivity contribution is 7.97. The van der Waals surface area contributed by atoms with Crippen molar-refractivity contribution in [3.05, 3.63) is 29.3 Å². The van der Waals surface area contributed by atoms with Crippen molar-refractivity contribution in [1.82, 2.24) is 0 Å². The summed E-state index contributed by atoms with van der Waals surface area (Å²) in [5.74, 6) is 1.13. The molecule has 0 saturated carbocycles. The van der Waals surface area contributed by atoms with E-state index in [-0.39, 0.29) is 0 Å². The first kappa shape index (κ1) is 8.95. The number of thioether (sulfide) groups is 1. The Morgan fingerprint density at radius 2 is 2.38 bits per heavy atom. The minimum absolute atomic E-state index is 1.13. The zero-order valence-electron chi connectivity index (χ0n) is 7.97. The Hall–Kier alpha value is -0.630. The van der Waals surface area contributed by atoms with Gasteiger partial charge in [-0.05, 0) is 36.3 Å². The van der Waals surface area contributed by atoms with Gasteiger partial charge < -0.3 is 5.32 Å². The Balaban J connectivity index is 2.24. The van der Waals surface area contributed by atoms with E-state index in [1.165, 1.54) is 29.7 Å². The molecule has 1 aromatic carbocycles. The number of rotatable bonds is 2. The normalized spacial score (nSPS) is 14.8. The molecular formula is C11H15NS. The Morgan fingerprint density at radius 3 is 3.23 bits per heavy atom. The summed E-state index contributed by atoms with van der Waals surface area (Å²) in [5, 5.41) is 3.43. The summed E-state index contributed by atoms with van der Waals surface area (Å²) in [6.07, 6.45) is 4.66. The maximum Gasteiger partial charge on any atom is 0.0372 e. The first-order valence-electron chi connectivity index (χ1n) is 4.75. The molecule has 2 heteroatoms. The quantitative estimate of drug-likeness (QED) is 0.775. The van der Waals surface area contributed by atoms with E-state index in [0.29, 0.717) is 0 Å². The van der Waals surface area contributed by atoms with Gasteiger partial charge in [0, 0.05) is 18.0 Å². The minimum Gasteiger partial charge on any atom is -0.385 e. The summed E-state index contributed by atoms with van der Waals surface area (Å²) in [7, 11) is 0. The topological polar surface area (TPSA) is 12.0 Å². The number of hydrogen-bond acceptors (Lipinski definition) is 2. The second kappa shape index (κ2) is 4.05. The molecule has 0 bridgehead atoms. The lowest BCUT2D eigenvalue weighted by molar-refractivity contribution is 0.829. The molecule has 0 spiro atoms. The molecule has 0 amide bonds. The zero-order chi connectivity index (χ0) is 9.10. The van der Waals surface area contributed by atoms with Crippen LogP contribution in [0.5, 0.6) is 0 Å². The molecule has 13 heavy (non-hydrogen) atoms. The number of fused-ring (bicyclic) bond motifs is 1. The third-order valence-corrected chi connectivity index (χ3v) is 3.04. The van der Waals surface area contributed by atoms with Gasteiger partial charge in [0.2, 0.25) is 0 Å². The van der Waals surface area contributed by atoms with Crippen molar-refractivity contribution in [2.75, 3.05) is 18.1 Å².